The molecule has 5 heteroatoms. The van der Waals surface area contributed by atoms with Gasteiger partial charge in [0.25, 0.3) is 0 Å². The smallest absolute Gasteiger partial charge is 0.387 e. The molecule has 0 spiro atoms. The molecule has 0 aromatic heterocycles. The molecule has 0 saturated heterocycles. The maximum atomic E-state index is 12.3. The normalized spacial score (nSPS) is 27.4. The SMILES string of the molecule is C=CCCC(=O)O[C@H]1CC[C@H]([C@H]2CC[C@H](c3ccc(OC(F)F)cc3)CC2)CC1. The molecular weight excluding hydrogens is 374 g/mol. The van der Waals surface area contributed by atoms with Gasteiger partial charge in [-0.25, -0.2) is 0 Å². The van der Waals surface area contributed by atoms with Gasteiger partial charge in [-0.15, -0.1) is 6.58 Å². The van der Waals surface area contributed by atoms with Crippen molar-refractivity contribution in [2.24, 2.45) is 11.8 Å². The second-order valence-corrected chi connectivity index (χ2v) is 8.41. The molecule has 0 aliphatic heterocycles. The molecule has 2 saturated carbocycles. The van der Waals surface area contributed by atoms with E-state index in [1.807, 2.05) is 12.1 Å². The van der Waals surface area contributed by atoms with Gasteiger partial charge in [0.2, 0.25) is 0 Å². The van der Waals surface area contributed by atoms with E-state index in [2.05, 4.69) is 11.3 Å². The minimum Gasteiger partial charge on any atom is -0.462 e. The van der Waals surface area contributed by atoms with Crippen LogP contribution in [0.15, 0.2) is 36.9 Å². The van der Waals surface area contributed by atoms with Gasteiger partial charge in [0, 0.05) is 6.42 Å². The molecule has 1 aromatic carbocycles. The molecule has 160 valence electrons. The van der Waals surface area contributed by atoms with Crippen molar-refractivity contribution in [2.75, 3.05) is 0 Å². The number of hydrogen-bond donors (Lipinski definition) is 0. The molecule has 29 heavy (non-hydrogen) atoms. The Hall–Kier alpha value is -1.91. The lowest BCUT2D eigenvalue weighted by atomic mass is 9.69. The Morgan fingerprint density at radius 1 is 1.00 bits per heavy atom. The second-order valence-electron chi connectivity index (χ2n) is 8.41. The summed E-state index contributed by atoms with van der Waals surface area (Å²) >= 11 is 0. The molecule has 2 fully saturated rings. The Kier molecular flexibility index (Phi) is 8.08. The van der Waals surface area contributed by atoms with Crippen molar-refractivity contribution in [3.05, 3.63) is 42.5 Å². The molecule has 0 heterocycles. The van der Waals surface area contributed by atoms with E-state index in [1.165, 1.54) is 18.4 Å². The van der Waals surface area contributed by atoms with Crippen LogP contribution in [0.2, 0.25) is 0 Å². The van der Waals surface area contributed by atoms with Crippen LogP contribution in [-0.4, -0.2) is 18.7 Å². The van der Waals surface area contributed by atoms with Gasteiger partial charge in [0.05, 0.1) is 0 Å². The Bertz CT molecular complexity index is 643. The van der Waals surface area contributed by atoms with Crippen molar-refractivity contribution in [2.45, 2.75) is 82.8 Å². The fourth-order valence-corrected chi connectivity index (χ4v) is 4.99. The van der Waals surface area contributed by atoms with Gasteiger partial charge in [-0.05, 0) is 93.2 Å². The summed E-state index contributed by atoms with van der Waals surface area (Å²) in [5.41, 5.74) is 1.22. The second kappa shape index (κ2) is 10.7. The first-order chi connectivity index (χ1) is 14.0. The lowest BCUT2D eigenvalue weighted by molar-refractivity contribution is -0.151. The van der Waals surface area contributed by atoms with Gasteiger partial charge in [0.15, 0.2) is 0 Å². The van der Waals surface area contributed by atoms with Crippen molar-refractivity contribution in [1.29, 1.82) is 0 Å². The van der Waals surface area contributed by atoms with Crippen LogP contribution in [0, 0.1) is 11.8 Å². The van der Waals surface area contributed by atoms with Crippen molar-refractivity contribution in [3.63, 3.8) is 0 Å². The van der Waals surface area contributed by atoms with Gasteiger partial charge in [-0.2, -0.15) is 8.78 Å². The van der Waals surface area contributed by atoms with Crippen LogP contribution in [0.4, 0.5) is 8.78 Å². The fraction of sp³-hybridized carbons (Fsp3) is 0.625. The molecule has 3 nitrogen and oxygen atoms in total. The predicted molar refractivity (Wildman–Crippen MR) is 109 cm³/mol. The van der Waals surface area contributed by atoms with E-state index in [4.69, 9.17) is 4.74 Å². The summed E-state index contributed by atoms with van der Waals surface area (Å²) in [6.45, 7) is 0.863. The molecule has 1 aromatic rings. The molecule has 0 radical (unpaired) electrons. The number of rotatable bonds is 8. The standard InChI is InChI=1S/C24H32F2O3/c1-2-3-4-23(27)28-21-13-9-19(10-14-21)17-5-7-18(8-6-17)20-11-15-22(16-12-20)29-24(25)26/h2,11-12,15-19,21,24H,1,3-10,13-14H2/t17-,18-,19-,21-. The molecule has 3 rings (SSSR count). The van der Waals surface area contributed by atoms with Crippen LogP contribution < -0.4 is 4.74 Å². The molecule has 0 bridgehead atoms. The van der Waals surface area contributed by atoms with Crippen LogP contribution >= 0.6 is 0 Å². The van der Waals surface area contributed by atoms with E-state index in [0.29, 0.717) is 18.8 Å². The summed E-state index contributed by atoms with van der Waals surface area (Å²) in [7, 11) is 0. The highest BCUT2D eigenvalue weighted by Gasteiger charge is 2.32. The summed E-state index contributed by atoms with van der Waals surface area (Å²) in [4.78, 5) is 11.8. The number of esters is 1. The number of hydrogen-bond acceptors (Lipinski definition) is 3. The minimum atomic E-state index is -2.78. The Morgan fingerprint density at radius 2 is 1.59 bits per heavy atom. The van der Waals surface area contributed by atoms with Crippen LogP contribution in [0.25, 0.3) is 0 Å². The number of benzene rings is 1. The third kappa shape index (κ3) is 6.55. The molecule has 2 aliphatic carbocycles. The molecule has 0 N–H and O–H groups in total. The van der Waals surface area contributed by atoms with E-state index in [0.717, 1.165) is 50.4 Å². The third-order valence-electron chi connectivity index (χ3n) is 6.58. The molecule has 0 atom stereocenters. The van der Waals surface area contributed by atoms with Crippen LogP contribution in [0.5, 0.6) is 5.75 Å². The Morgan fingerprint density at radius 3 is 2.14 bits per heavy atom. The number of carbonyl (C=O) groups excluding carboxylic acids is 1. The van der Waals surface area contributed by atoms with Gasteiger partial charge < -0.3 is 9.47 Å². The first-order valence-electron chi connectivity index (χ1n) is 10.9. The van der Waals surface area contributed by atoms with Gasteiger partial charge in [-0.1, -0.05) is 18.2 Å². The van der Waals surface area contributed by atoms with Crippen LogP contribution in [0.1, 0.15) is 75.7 Å². The number of allylic oxidation sites excluding steroid dienone is 1. The summed E-state index contributed by atoms with van der Waals surface area (Å²) in [6.07, 6.45) is 11.9. The van der Waals surface area contributed by atoms with Crippen molar-refractivity contribution < 1.29 is 23.0 Å². The minimum absolute atomic E-state index is 0.0916. The predicted octanol–water partition coefficient (Wildman–Crippen LogP) is 6.63. The highest BCUT2D eigenvalue weighted by atomic mass is 19.3. The number of ether oxygens (including phenoxy) is 2. The lowest BCUT2D eigenvalue weighted by Gasteiger charge is -2.37. The van der Waals surface area contributed by atoms with Crippen molar-refractivity contribution in [3.8, 4) is 5.75 Å². The summed E-state index contributed by atoms with van der Waals surface area (Å²) in [5, 5.41) is 0. The molecule has 0 unspecified atom stereocenters. The van der Waals surface area contributed by atoms with E-state index in [9.17, 15) is 13.6 Å². The zero-order valence-corrected chi connectivity index (χ0v) is 17.0. The average Bonchev–Trinajstić information content (AvgIpc) is 2.73. The van der Waals surface area contributed by atoms with Crippen LogP contribution in [-0.2, 0) is 9.53 Å². The topological polar surface area (TPSA) is 35.5 Å². The molecular formula is C24H32F2O3. The van der Waals surface area contributed by atoms with E-state index >= 15 is 0 Å². The Balaban J connectivity index is 1.40. The number of alkyl halides is 2. The van der Waals surface area contributed by atoms with E-state index < -0.39 is 6.61 Å². The zero-order chi connectivity index (χ0) is 20.6. The number of halogens is 2. The number of carbonyl (C=O) groups is 1. The van der Waals surface area contributed by atoms with Gasteiger partial charge in [-0.3, -0.25) is 4.79 Å². The monoisotopic (exact) mass is 406 g/mol. The van der Waals surface area contributed by atoms with Crippen molar-refractivity contribution >= 4 is 5.97 Å². The maximum absolute atomic E-state index is 12.3. The molecule has 2 aliphatic rings. The molecule has 0 amide bonds. The quantitative estimate of drug-likeness (QED) is 0.359. The summed E-state index contributed by atoms with van der Waals surface area (Å²) < 4.78 is 34.6. The highest BCUT2D eigenvalue weighted by Crippen LogP contribution is 2.43. The highest BCUT2D eigenvalue weighted by molar-refractivity contribution is 5.69. The maximum Gasteiger partial charge on any atom is 0.387 e. The van der Waals surface area contributed by atoms with Gasteiger partial charge in [0.1, 0.15) is 11.9 Å². The summed E-state index contributed by atoms with van der Waals surface area (Å²) in [5.74, 6) is 2.12. The Labute approximate surface area is 172 Å². The van der Waals surface area contributed by atoms with E-state index in [-0.39, 0.29) is 17.8 Å². The largest absolute Gasteiger partial charge is 0.462 e. The fourth-order valence-electron chi connectivity index (χ4n) is 4.99. The van der Waals surface area contributed by atoms with Crippen LogP contribution in [0.3, 0.4) is 0 Å². The lowest BCUT2D eigenvalue weighted by Crippen LogP contribution is -2.29. The first-order valence-corrected chi connectivity index (χ1v) is 10.9. The summed E-state index contributed by atoms with van der Waals surface area (Å²) in [6, 6.07) is 7.14. The van der Waals surface area contributed by atoms with Gasteiger partial charge >= 0.3 is 12.6 Å². The van der Waals surface area contributed by atoms with E-state index in [1.54, 1.807) is 18.2 Å². The first kappa shape index (κ1) is 21.8. The van der Waals surface area contributed by atoms with Crippen molar-refractivity contribution in [1.82, 2.24) is 0 Å². The average molecular weight is 407 g/mol. The third-order valence-corrected chi connectivity index (χ3v) is 6.58. The zero-order valence-electron chi connectivity index (χ0n) is 17.0.